The molecule has 0 spiro atoms. The first kappa shape index (κ1) is 30.6. The number of nitrogens with zero attached hydrogens (tertiary/aromatic N) is 7. The molecular weight excluding hydrogens is 659 g/mol. The summed E-state index contributed by atoms with van der Waals surface area (Å²) < 4.78 is 58.9. The first-order valence-electron chi connectivity index (χ1n) is 16.5. The summed E-state index contributed by atoms with van der Waals surface area (Å²) >= 11 is 6.83. The zero-order valence-corrected chi connectivity index (χ0v) is 27.6. The van der Waals surface area contributed by atoms with Gasteiger partial charge in [-0.25, -0.2) is 23.1 Å². The molecule has 254 valence electrons. The van der Waals surface area contributed by atoms with Crippen LogP contribution in [-0.2, 0) is 0 Å². The summed E-state index contributed by atoms with van der Waals surface area (Å²) in [5.41, 5.74) is 8.16. The lowest BCUT2D eigenvalue weighted by Gasteiger charge is -2.47. The maximum absolute atomic E-state index is 17.3. The third kappa shape index (κ3) is 4.78. The van der Waals surface area contributed by atoms with Crippen LogP contribution in [0.1, 0.15) is 62.6 Å². The standard InChI is InChI=1S/C34H33ClF3N9O2/c1-15-13-48-32-26-29(27(38)28(42-32)25-21-11-41-45-23(21)8-22(35)24(25)17-3-4-17)43-33(49-14-34-5-6-46(34)12-19(37)9-34)44-31(26)47(15)16(2)20-7-18(36)10-40-30(20)39/h7-8,10-11,15-17,19H,3-6,9,12-14H2,1-2H3,(H2,39,40)(H,41,45)/t15-,16+,19+,34?/m0/s1. The van der Waals surface area contributed by atoms with Crippen LogP contribution in [-0.4, -0.2) is 79.1 Å². The molecule has 1 saturated carbocycles. The Hall–Kier alpha value is -4.43. The molecule has 2 saturated heterocycles. The summed E-state index contributed by atoms with van der Waals surface area (Å²) in [6.07, 6.45) is 4.71. The number of halogens is 4. The molecule has 1 aromatic carbocycles. The number of aromatic nitrogens is 6. The second kappa shape index (κ2) is 11.0. The van der Waals surface area contributed by atoms with Crippen molar-refractivity contribution in [1.29, 1.82) is 0 Å². The lowest BCUT2D eigenvalue weighted by molar-refractivity contribution is -0.0132. The molecule has 3 N–H and O–H groups in total. The van der Waals surface area contributed by atoms with Gasteiger partial charge >= 0.3 is 6.01 Å². The minimum atomic E-state index is -0.945. The summed E-state index contributed by atoms with van der Waals surface area (Å²) in [5.74, 6) is -0.529. The van der Waals surface area contributed by atoms with Crippen LogP contribution >= 0.6 is 11.6 Å². The van der Waals surface area contributed by atoms with Crippen molar-refractivity contribution in [3.8, 4) is 23.1 Å². The Morgan fingerprint density at radius 1 is 1.20 bits per heavy atom. The predicted molar refractivity (Wildman–Crippen MR) is 178 cm³/mol. The van der Waals surface area contributed by atoms with Gasteiger partial charge < -0.3 is 20.1 Å². The van der Waals surface area contributed by atoms with Gasteiger partial charge in [0.25, 0.3) is 0 Å². The number of rotatable bonds is 7. The van der Waals surface area contributed by atoms with Crippen molar-refractivity contribution in [2.24, 2.45) is 0 Å². The van der Waals surface area contributed by atoms with Crippen molar-refractivity contribution in [2.75, 3.05) is 36.9 Å². The molecule has 4 aromatic heterocycles. The van der Waals surface area contributed by atoms with Gasteiger partial charge in [0.2, 0.25) is 5.88 Å². The highest BCUT2D eigenvalue weighted by Gasteiger charge is 2.53. The van der Waals surface area contributed by atoms with Crippen LogP contribution in [0, 0.1) is 11.6 Å². The van der Waals surface area contributed by atoms with Crippen LogP contribution in [0.2, 0.25) is 5.02 Å². The van der Waals surface area contributed by atoms with Crippen LogP contribution in [0.3, 0.4) is 0 Å². The summed E-state index contributed by atoms with van der Waals surface area (Å²) in [7, 11) is 0. The van der Waals surface area contributed by atoms with E-state index in [-0.39, 0.29) is 65.3 Å². The molecule has 4 atom stereocenters. The van der Waals surface area contributed by atoms with Crippen LogP contribution in [0.4, 0.5) is 24.8 Å². The quantitative estimate of drug-likeness (QED) is 0.201. The molecular formula is C34H33ClF3N9O2. The van der Waals surface area contributed by atoms with E-state index < -0.39 is 29.4 Å². The maximum Gasteiger partial charge on any atom is 0.319 e. The van der Waals surface area contributed by atoms with Gasteiger partial charge in [0.15, 0.2) is 5.82 Å². The number of anilines is 2. The zero-order valence-electron chi connectivity index (χ0n) is 26.8. The highest BCUT2D eigenvalue weighted by Crippen LogP contribution is 2.52. The molecule has 9 rings (SSSR count). The van der Waals surface area contributed by atoms with Gasteiger partial charge in [-0.15, -0.1) is 0 Å². The van der Waals surface area contributed by atoms with E-state index in [2.05, 4.69) is 25.1 Å². The second-order valence-corrected chi connectivity index (χ2v) is 14.2. The largest absolute Gasteiger partial charge is 0.475 e. The number of fused-ring (bicyclic) bond motifs is 2. The van der Waals surface area contributed by atoms with Crippen molar-refractivity contribution < 1.29 is 22.6 Å². The lowest BCUT2D eigenvalue weighted by Crippen LogP contribution is -2.59. The van der Waals surface area contributed by atoms with Crippen molar-refractivity contribution in [3.05, 3.63) is 52.3 Å². The molecule has 7 heterocycles. The van der Waals surface area contributed by atoms with Gasteiger partial charge in [0, 0.05) is 41.0 Å². The number of nitrogens with one attached hydrogen (secondary N) is 1. The highest BCUT2D eigenvalue weighted by molar-refractivity contribution is 6.33. The average Bonchev–Trinajstić information content (AvgIpc) is 3.78. The van der Waals surface area contributed by atoms with Crippen LogP contribution in [0.15, 0.2) is 24.5 Å². The third-order valence-corrected chi connectivity index (χ3v) is 11.0. The zero-order chi connectivity index (χ0) is 33.8. The topological polar surface area (TPSA) is 131 Å². The van der Waals surface area contributed by atoms with E-state index in [1.165, 1.54) is 6.07 Å². The number of pyridine rings is 2. The fourth-order valence-electron chi connectivity index (χ4n) is 7.97. The van der Waals surface area contributed by atoms with E-state index in [1.807, 2.05) is 18.7 Å². The molecule has 0 bridgehead atoms. The number of alkyl halides is 1. The number of hydrogen-bond acceptors (Lipinski definition) is 10. The SMILES string of the molecule is C[C@H](c1cc(F)cnc1N)N1c2nc(OCC34CCN3C[C@H](F)C4)nc3c(F)c(-c4c(C5CC5)c(Cl)cc5[nH]ncc45)nc(c23)OC[C@@H]1C. The molecule has 0 amide bonds. The third-order valence-electron chi connectivity index (χ3n) is 10.6. The predicted octanol–water partition coefficient (Wildman–Crippen LogP) is 6.27. The summed E-state index contributed by atoms with van der Waals surface area (Å²) in [6.45, 7) is 5.18. The lowest BCUT2D eigenvalue weighted by atomic mass is 9.86. The van der Waals surface area contributed by atoms with Gasteiger partial charge in [-0.1, -0.05) is 11.6 Å². The first-order valence-corrected chi connectivity index (χ1v) is 16.9. The number of benzene rings is 1. The average molecular weight is 692 g/mol. The van der Waals surface area contributed by atoms with E-state index in [4.69, 9.17) is 36.8 Å². The van der Waals surface area contributed by atoms with E-state index in [0.29, 0.717) is 40.0 Å². The smallest absolute Gasteiger partial charge is 0.319 e. The Labute approximate surface area is 284 Å². The van der Waals surface area contributed by atoms with Gasteiger partial charge in [0.1, 0.15) is 53.4 Å². The van der Waals surface area contributed by atoms with Crippen molar-refractivity contribution in [3.63, 3.8) is 0 Å². The van der Waals surface area contributed by atoms with Crippen LogP contribution in [0.25, 0.3) is 33.1 Å². The Kier molecular flexibility index (Phi) is 6.90. The molecule has 49 heavy (non-hydrogen) atoms. The van der Waals surface area contributed by atoms with Crippen LogP contribution in [0.5, 0.6) is 11.9 Å². The molecule has 4 aliphatic rings. The van der Waals surface area contributed by atoms with Crippen LogP contribution < -0.4 is 20.1 Å². The molecule has 3 fully saturated rings. The summed E-state index contributed by atoms with van der Waals surface area (Å²) in [4.78, 5) is 22.3. The number of nitrogens with two attached hydrogens (primary N) is 1. The Morgan fingerprint density at radius 2 is 2.04 bits per heavy atom. The van der Waals surface area contributed by atoms with Crippen molar-refractivity contribution >= 4 is 45.0 Å². The number of nitrogen functional groups attached to an aromatic ring is 1. The fourth-order valence-corrected chi connectivity index (χ4v) is 8.33. The first-order chi connectivity index (χ1) is 23.6. The Balaban J connectivity index is 1.26. The Bertz CT molecular complexity index is 2160. The summed E-state index contributed by atoms with van der Waals surface area (Å²) in [6, 6.07) is 2.10. The second-order valence-electron chi connectivity index (χ2n) is 13.8. The maximum atomic E-state index is 17.3. The van der Waals surface area contributed by atoms with E-state index >= 15 is 4.39 Å². The van der Waals surface area contributed by atoms with Crippen molar-refractivity contribution in [1.82, 2.24) is 35.0 Å². The van der Waals surface area contributed by atoms with Gasteiger partial charge in [-0.3, -0.25) is 10.00 Å². The molecule has 0 radical (unpaired) electrons. The van der Waals surface area contributed by atoms with Gasteiger partial charge in [0.05, 0.1) is 35.5 Å². The Morgan fingerprint density at radius 3 is 2.80 bits per heavy atom. The number of H-pyrrole nitrogens is 1. The van der Waals surface area contributed by atoms with Gasteiger partial charge in [-0.2, -0.15) is 15.1 Å². The molecule has 15 heteroatoms. The normalized spacial score (nSPS) is 24.1. The molecule has 11 nitrogen and oxygen atoms in total. The van der Waals surface area contributed by atoms with E-state index in [9.17, 15) is 8.78 Å². The number of hydrogen-bond donors (Lipinski definition) is 2. The minimum absolute atomic E-state index is 0.0291. The fraction of sp³-hybridized carbons (Fsp3) is 0.441. The minimum Gasteiger partial charge on any atom is -0.475 e. The van der Waals surface area contributed by atoms with Crippen molar-refractivity contribution in [2.45, 2.75) is 69.2 Å². The number of aromatic amines is 1. The molecule has 1 aliphatic carbocycles. The van der Waals surface area contributed by atoms with E-state index in [0.717, 1.165) is 37.6 Å². The van der Waals surface area contributed by atoms with E-state index in [1.54, 1.807) is 12.3 Å². The molecule has 1 unspecified atom stereocenters. The number of ether oxygens (including phenoxy) is 2. The highest BCUT2D eigenvalue weighted by atomic mass is 35.5. The summed E-state index contributed by atoms with van der Waals surface area (Å²) in [5, 5.41) is 8.57. The monoisotopic (exact) mass is 691 g/mol. The van der Waals surface area contributed by atoms with Gasteiger partial charge in [-0.05, 0) is 56.7 Å². The molecule has 3 aliphatic heterocycles. The molecule has 5 aromatic rings.